The van der Waals surface area contributed by atoms with Crippen molar-refractivity contribution < 1.29 is 9.59 Å². The highest BCUT2D eigenvalue weighted by atomic mass is 32.1. The fraction of sp³-hybridized carbons (Fsp3) is 0.400. The third kappa shape index (κ3) is 3.39. The fourth-order valence-corrected chi connectivity index (χ4v) is 5.03. The molecule has 0 aliphatic carbocycles. The first kappa shape index (κ1) is 18.6. The summed E-state index contributed by atoms with van der Waals surface area (Å²) < 4.78 is 0. The number of thiophene rings is 1. The topological polar surface area (TPSA) is 84.2 Å². The van der Waals surface area contributed by atoms with Gasteiger partial charge in [-0.2, -0.15) is 0 Å². The second-order valence-electron chi connectivity index (χ2n) is 8.11. The van der Waals surface area contributed by atoms with Gasteiger partial charge in [-0.3, -0.25) is 9.59 Å². The highest BCUT2D eigenvalue weighted by Gasteiger charge is 2.41. The van der Waals surface area contributed by atoms with E-state index in [-0.39, 0.29) is 17.0 Å². The highest BCUT2D eigenvalue weighted by molar-refractivity contribution is 7.17. The van der Waals surface area contributed by atoms with Crippen LogP contribution in [0.15, 0.2) is 24.3 Å². The summed E-state index contributed by atoms with van der Waals surface area (Å²) in [4.78, 5) is 25.9. The summed E-state index contributed by atoms with van der Waals surface area (Å²) in [5, 5.41) is 7.03. The molecular weight excluding hydrogens is 346 g/mol. The van der Waals surface area contributed by atoms with E-state index in [2.05, 4.69) is 38.3 Å². The molecule has 6 heteroatoms. The van der Waals surface area contributed by atoms with Gasteiger partial charge in [0.25, 0.3) is 11.8 Å². The molecule has 138 valence electrons. The van der Waals surface area contributed by atoms with E-state index in [4.69, 9.17) is 5.73 Å². The molecule has 0 spiro atoms. The summed E-state index contributed by atoms with van der Waals surface area (Å²) in [7, 11) is 0. The van der Waals surface area contributed by atoms with Crippen molar-refractivity contribution in [1.29, 1.82) is 0 Å². The van der Waals surface area contributed by atoms with E-state index >= 15 is 0 Å². The number of rotatable bonds is 3. The lowest BCUT2D eigenvalue weighted by Gasteiger charge is -2.42. The van der Waals surface area contributed by atoms with E-state index in [0.717, 1.165) is 16.0 Å². The van der Waals surface area contributed by atoms with Crippen molar-refractivity contribution in [2.24, 2.45) is 5.73 Å². The Morgan fingerprint density at radius 1 is 1.15 bits per heavy atom. The molecule has 0 saturated carbocycles. The Labute approximate surface area is 158 Å². The Bertz CT molecular complexity index is 879. The van der Waals surface area contributed by atoms with Crippen LogP contribution in [0, 0.1) is 6.92 Å². The van der Waals surface area contributed by atoms with Crippen molar-refractivity contribution in [1.82, 2.24) is 5.32 Å². The summed E-state index contributed by atoms with van der Waals surface area (Å²) in [5.74, 6) is -0.744. The predicted molar refractivity (Wildman–Crippen MR) is 106 cm³/mol. The number of aryl methyl sites for hydroxylation is 1. The van der Waals surface area contributed by atoms with Gasteiger partial charge in [-0.1, -0.05) is 17.7 Å². The number of hydrogen-bond donors (Lipinski definition) is 3. The van der Waals surface area contributed by atoms with Crippen molar-refractivity contribution in [3.05, 3.63) is 51.4 Å². The van der Waals surface area contributed by atoms with Crippen molar-refractivity contribution in [2.45, 2.75) is 52.1 Å². The summed E-state index contributed by atoms with van der Waals surface area (Å²) in [6, 6.07) is 7.32. The number of benzene rings is 1. The fourth-order valence-electron chi connectivity index (χ4n) is 3.76. The maximum absolute atomic E-state index is 12.6. The number of nitrogens with one attached hydrogen (secondary N) is 2. The Kier molecular flexibility index (Phi) is 4.45. The number of primary amides is 1. The first-order valence-corrected chi connectivity index (χ1v) is 9.45. The lowest BCUT2D eigenvalue weighted by molar-refractivity contribution is 0.0999. The molecule has 1 aliphatic heterocycles. The van der Waals surface area contributed by atoms with Crippen LogP contribution in [-0.4, -0.2) is 17.4 Å². The van der Waals surface area contributed by atoms with E-state index in [1.54, 1.807) is 12.1 Å². The van der Waals surface area contributed by atoms with Crippen LogP contribution in [0.25, 0.3) is 0 Å². The minimum Gasteiger partial charge on any atom is -0.365 e. The molecular formula is C20H25N3O2S. The molecule has 2 heterocycles. The normalized spacial score (nSPS) is 17.4. The van der Waals surface area contributed by atoms with Gasteiger partial charge < -0.3 is 16.4 Å². The minimum absolute atomic E-state index is 0.167. The van der Waals surface area contributed by atoms with Crippen LogP contribution in [0.4, 0.5) is 5.00 Å². The Morgan fingerprint density at radius 3 is 2.35 bits per heavy atom. The summed E-state index contributed by atoms with van der Waals surface area (Å²) in [5.41, 5.74) is 8.23. The zero-order valence-corrected chi connectivity index (χ0v) is 16.6. The van der Waals surface area contributed by atoms with Gasteiger partial charge in [0.1, 0.15) is 5.00 Å². The molecule has 1 aliphatic rings. The summed E-state index contributed by atoms with van der Waals surface area (Å²) in [6.45, 7) is 10.3. The van der Waals surface area contributed by atoms with Crippen molar-refractivity contribution in [2.75, 3.05) is 5.32 Å². The number of fused-ring (bicyclic) bond motifs is 1. The molecule has 0 atom stereocenters. The van der Waals surface area contributed by atoms with Gasteiger partial charge in [-0.25, -0.2) is 0 Å². The number of hydrogen-bond acceptors (Lipinski definition) is 4. The predicted octanol–water partition coefficient (Wildman–Crippen LogP) is 3.57. The standard InChI is InChI=1S/C20H25N3O2S/c1-11-6-8-12(9-7-11)17(25)22-18-14(16(21)24)13-10-19(2,3)23-20(4,5)15(13)26-18/h6-9,23H,10H2,1-5H3,(H2,21,24)(H,22,25). The van der Waals surface area contributed by atoms with E-state index in [1.165, 1.54) is 11.3 Å². The van der Waals surface area contributed by atoms with Gasteiger partial charge in [-0.15, -0.1) is 11.3 Å². The molecule has 1 aromatic carbocycles. The molecule has 2 amide bonds. The number of anilines is 1. The third-order valence-corrected chi connectivity index (χ3v) is 6.10. The molecule has 2 aromatic rings. The molecule has 0 saturated heterocycles. The Morgan fingerprint density at radius 2 is 1.77 bits per heavy atom. The van der Waals surface area contributed by atoms with Gasteiger partial charge in [-0.05, 0) is 58.7 Å². The van der Waals surface area contributed by atoms with Crippen LogP contribution in [0.1, 0.15) is 64.4 Å². The van der Waals surface area contributed by atoms with Crippen LogP contribution in [0.3, 0.4) is 0 Å². The van der Waals surface area contributed by atoms with Gasteiger partial charge in [0.15, 0.2) is 0 Å². The first-order chi connectivity index (χ1) is 12.0. The third-order valence-electron chi connectivity index (χ3n) is 4.63. The van der Waals surface area contributed by atoms with E-state index in [0.29, 0.717) is 22.5 Å². The maximum atomic E-state index is 12.6. The van der Waals surface area contributed by atoms with E-state index in [1.807, 2.05) is 19.1 Å². The van der Waals surface area contributed by atoms with Crippen LogP contribution >= 0.6 is 11.3 Å². The quantitative estimate of drug-likeness (QED) is 0.771. The lowest BCUT2D eigenvalue weighted by atomic mass is 9.81. The molecule has 0 bridgehead atoms. The lowest BCUT2D eigenvalue weighted by Crippen LogP contribution is -2.55. The molecule has 0 radical (unpaired) electrons. The molecule has 5 nitrogen and oxygen atoms in total. The highest BCUT2D eigenvalue weighted by Crippen LogP contribution is 2.44. The molecule has 4 N–H and O–H groups in total. The van der Waals surface area contributed by atoms with Crippen LogP contribution in [0.5, 0.6) is 0 Å². The number of nitrogens with two attached hydrogens (primary N) is 1. The number of amides is 2. The van der Waals surface area contributed by atoms with Gasteiger partial charge in [0.2, 0.25) is 0 Å². The maximum Gasteiger partial charge on any atom is 0.256 e. The monoisotopic (exact) mass is 371 g/mol. The van der Waals surface area contributed by atoms with Crippen molar-refractivity contribution in [3.63, 3.8) is 0 Å². The minimum atomic E-state index is -0.504. The smallest absolute Gasteiger partial charge is 0.256 e. The van der Waals surface area contributed by atoms with E-state index in [9.17, 15) is 9.59 Å². The molecule has 0 unspecified atom stereocenters. The summed E-state index contributed by atoms with van der Waals surface area (Å²) in [6.07, 6.45) is 0.681. The van der Waals surface area contributed by atoms with Crippen LogP contribution in [-0.2, 0) is 12.0 Å². The molecule has 1 aromatic heterocycles. The zero-order chi connectivity index (χ0) is 19.3. The van der Waals surface area contributed by atoms with Crippen LogP contribution < -0.4 is 16.4 Å². The molecule has 0 fully saturated rings. The van der Waals surface area contributed by atoms with E-state index < -0.39 is 5.91 Å². The Hall–Kier alpha value is -2.18. The second-order valence-corrected chi connectivity index (χ2v) is 9.13. The first-order valence-electron chi connectivity index (χ1n) is 8.63. The van der Waals surface area contributed by atoms with Gasteiger partial charge in [0, 0.05) is 21.5 Å². The summed E-state index contributed by atoms with van der Waals surface area (Å²) >= 11 is 1.43. The van der Waals surface area contributed by atoms with Crippen molar-refractivity contribution in [3.8, 4) is 0 Å². The zero-order valence-electron chi connectivity index (χ0n) is 15.8. The van der Waals surface area contributed by atoms with Crippen LogP contribution in [0.2, 0.25) is 0 Å². The average molecular weight is 372 g/mol. The molecule has 3 rings (SSSR count). The van der Waals surface area contributed by atoms with Gasteiger partial charge >= 0.3 is 0 Å². The number of carbonyl (C=O) groups is 2. The SMILES string of the molecule is Cc1ccc(C(=O)Nc2sc3c(c2C(N)=O)CC(C)(C)NC3(C)C)cc1. The number of carbonyl (C=O) groups excluding carboxylic acids is 2. The van der Waals surface area contributed by atoms with Gasteiger partial charge in [0.05, 0.1) is 5.56 Å². The largest absolute Gasteiger partial charge is 0.365 e. The molecule has 26 heavy (non-hydrogen) atoms. The van der Waals surface area contributed by atoms with Crippen molar-refractivity contribution >= 4 is 28.2 Å². The Balaban J connectivity index is 2.03. The second kappa shape index (κ2) is 6.21. The average Bonchev–Trinajstić information content (AvgIpc) is 2.84.